The SMILES string of the molecule is CSCC[C@H](NC(=O)c1ccc([N+](=O)[O-])cc1Cl)C(=O)N(C)Cc1ccc2c(c1)OCCO2. The Morgan fingerprint density at radius 2 is 1.94 bits per heavy atom. The Bertz CT molecular complexity index is 1050. The van der Waals surface area contributed by atoms with Crippen LogP contribution in [-0.2, 0) is 11.3 Å². The quantitative estimate of drug-likeness (QED) is 0.420. The number of thioether (sulfide) groups is 1. The third-order valence-corrected chi connectivity index (χ3v) is 5.98. The number of ether oxygens (including phenoxy) is 2. The van der Waals surface area contributed by atoms with Crippen molar-refractivity contribution in [3.05, 3.63) is 62.7 Å². The predicted molar refractivity (Wildman–Crippen MR) is 126 cm³/mol. The number of nitro groups is 1. The summed E-state index contributed by atoms with van der Waals surface area (Å²) in [7, 11) is 1.66. The third kappa shape index (κ3) is 6.29. The number of halogens is 1. The molecule has 0 saturated heterocycles. The van der Waals surface area contributed by atoms with Crippen LogP contribution in [0.4, 0.5) is 5.69 Å². The zero-order valence-electron chi connectivity index (χ0n) is 18.2. The number of amides is 2. The van der Waals surface area contributed by atoms with Crippen molar-refractivity contribution in [1.82, 2.24) is 10.2 Å². The first kappa shape index (κ1) is 24.7. The number of hydrogen-bond acceptors (Lipinski definition) is 7. The van der Waals surface area contributed by atoms with Crippen molar-refractivity contribution in [1.29, 1.82) is 0 Å². The molecule has 0 aliphatic carbocycles. The van der Waals surface area contributed by atoms with Crippen molar-refractivity contribution in [2.45, 2.75) is 19.0 Å². The summed E-state index contributed by atoms with van der Waals surface area (Å²) in [6.45, 7) is 1.29. The number of carbonyl (C=O) groups excluding carboxylic acids is 2. The molecule has 0 spiro atoms. The molecule has 1 atom stereocenters. The van der Waals surface area contributed by atoms with Crippen molar-refractivity contribution in [3.63, 3.8) is 0 Å². The molecule has 176 valence electrons. The van der Waals surface area contributed by atoms with Crippen LogP contribution in [-0.4, -0.2) is 59.9 Å². The molecule has 1 aliphatic rings. The van der Waals surface area contributed by atoms with E-state index in [2.05, 4.69) is 5.32 Å². The highest BCUT2D eigenvalue weighted by molar-refractivity contribution is 7.98. The zero-order valence-corrected chi connectivity index (χ0v) is 19.8. The van der Waals surface area contributed by atoms with Crippen LogP contribution in [0.25, 0.3) is 0 Å². The minimum absolute atomic E-state index is 0.0533. The molecular weight excluding hydrogens is 470 g/mol. The molecule has 2 aromatic carbocycles. The maximum atomic E-state index is 13.2. The molecule has 2 aromatic rings. The van der Waals surface area contributed by atoms with E-state index >= 15 is 0 Å². The molecule has 1 aliphatic heterocycles. The lowest BCUT2D eigenvalue weighted by atomic mass is 10.1. The van der Waals surface area contributed by atoms with E-state index in [1.165, 1.54) is 17.0 Å². The highest BCUT2D eigenvalue weighted by Crippen LogP contribution is 2.31. The Hall–Kier alpha value is -2.98. The van der Waals surface area contributed by atoms with Crippen molar-refractivity contribution in [3.8, 4) is 11.5 Å². The molecule has 0 saturated carbocycles. The lowest BCUT2D eigenvalue weighted by molar-refractivity contribution is -0.384. The molecule has 33 heavy (non-hydrogen) atoms. The molecule has 0 fully saturated rings. The van der Waals surface area contributed by atoms with Gasteiger partial charge in [0.2, 0.25) is 5.91 Å². The van der Waals surface area contributed by atoms with Gasteiger partial charge >= 0.3 is 0 Å². The Labute approximate surface area is 200 Å². The zero-order chi connectivity index (χ0) is 24.0. The van der Waals surface area contributed by atoms with Crippen molar-refractivity contribution in [2.75, 3.05) is 32.3 Å². The van der Waals surface area contributed by atoms with Crippen LogP contribution >= 0.6 is 23.4 Å². The van der Waals surface area contributed by atoms with E-state index in [0.29, 0.717) is 43.4 Å². The first-order chi connectivity index (χ1) is 15.8. The average molecular weight is 494 g/mol. The lowest BCUT2D eigenvalue weighted by Crippen LogP contribution is -2.47. The maximum Gasteiger partial charge on any atom is 0.270 e. The summed E-state index contributed by atoms with van der Waals surface area (Å²) in [5.41, 5.74) is 0.716. The van der Waals surface area contributed by atoms with Gasteiger partial charge in [0.05, 0.1) is 15.5 Å². The largest absolute Gasteiger partial charge is 0.486 e. The second-order valence-electron chi connectivity index (χ2n) is 7.40. The summed E-state index contributed by atoms with van der Waals surface area (Å²) >= 11 is 7.63. The smallest absolute Gasteiger partial charge is 0.270 e. The van der Waals surface area contributed by atoms with Crippen LogP contribution in [0.15, 0.2) is 36.4 Å². The molecule has 3 rings (SSSR count). The fourth-order valence-corrected chi connectivity index (χ4v) is 4.07. The molecule has 0 bridgehead atoms. The highest BCUT2D eigenvalue weighted by Gasteiger charge is 2.26. The van der Waals surface area contributed by atoms with E-state index in [4.69, 9.17) is 21.1 Å². The van der Waals surface area contributed by atoms with Crippen molar-refractivity contribution in [2.24, 2.45) is 0 Å². The number of non-ortho nitro benzene ring substituents is 1. The second kappa shape index (κ2) is 11.2. The van der Waals surface area contributed by atoms with E-state index in [1.807, 2.05) is 24.5 Å². The number of hydrogen-bond donors (Lipinski definition) is 1. The number of nitro benzene ring substituents is 1. The van der Waals surface area contributed by atoms with E-state index < -0.39 is 16.9 Å². The minimum atomic E-state index is -0.779. The van der Waals surface area contributed by atoms with Gasteiger partial charge in [0.1, 0.15) is 19.3 Å². The van der Waals surface area contributed by atoms with Gasteiger partial charge in [0.25, 0.3) is 11.6 Å². The number of carbonyl (C=O) groups is 2. The second-order valence-corrected chi connectivity index (χ2v) is 8.79. The fourth-order valence-electron chi connectivity index (χ4n) is 3.33. The monoisotopic (exact) mass is 493 g/mol. The summed E-state index contributed by atoms with van der Waals surface area (Å²) < 4.78 is 11.1. The molecule has 1 heterocycles. The van der Waals surface area contributed by atoms with Crippen LogP contribution < -0.4 is 14.8 Å². The number of rotatable bonds is 9. The maximum absolute atomic E-state index is 13.2. The summed E-state index contributed by atoms with van der Waals surface area (Å²) in [6.07, 6.45) is 2.33. The van der Waals surface area contributed by atoms with Gasteiger partial charge in [-0.2, -0.15) is 11.8 Å². The number of fused-ring (bicyclic) bond motifs is 1. The van der Waals surface area contributed by atoms with Gasteiger partial charge in [-0.05, 0) is 42.2 Å². The molecule has 9 nitrogen and oxygen atoms in total. The van der Waals surface area contributed by atoms with E-state index in [9.17, 15) is 19.7 Å². The Balaban J connectivity index is 1.71. The van der Waals surface area contributed by atoms with Gasteiger partial charge in [-0.25, -0.2) is 0 Å². The van der Waals surface area contributed by atoms with Gasteiger partial charge in [0, 0.05) is 25.7 Å². The Kier molecular flexibility index (Phi) is 8.40. The summed E-state index contributed by atoms with van der Waals surface area (Å²) in [5, 5.41) is 13.6. The van der Waals surface area contributed by atoms with Crippen LogP contribution in [0, 0.1) is 10.1 Å². The van der Waals surface area contributed by atoms with Crippen LogP contribution in [0.2, 0.25) is 5.02 Å². The van der Waals surface area contributed by atoms with Gasteiger partial charge in [-0.15, -0.1) is 0 Å². The van der Waals surface area contributed by atoms with Crippen LogP contribution in [0.1, 0.15) is 22.3 Å². The summed E-state index contributed by atoms with van der Waals surface area (Å²) in [6, 6.07) is 8.33. The van der Waals surface area contributed by atoms with Gasteiger partial charge in [0.15, 0.2) is 11.5 Å². The Morgan fingerprint density at radius 3 is 2.61 bits per heavy atom. The highest BCUT2D eigenvalue weighted by atomic mass is 35.5. The van der Waals surface area contributed by atoms with E-state index in [0.717, 1.165) is 11.6 Å². The lowest BCUT2D eigenvalue weighted by Gasteiger charge is -2.25. The normalized spacial score (nSPS) is 13.2. The molecular formula is C22H24ClN3O6S. The van der Waals surface area contributed by atoms with Crippen LogP contribution in [0.5, 0.6) is 11.5 Å². The standard InChI is InChI=1S/C22H24ClN3O6S/c1-25(13-14-3-6-19-20(11-14)32-9-8-31-19)22(28)18(7-10-33-2)24-21(27)16-5-4-15(26(29)30)12-17(16)23/h3-6,11-12,18H,7-10,13H2,1-2H3,(H,24,27)/t18-/m0/s1. The number of likely N-dealkylation sites (N-methyl/N-ethyl adjacent to an activating group) is 1. The van der Waals surface area contributed by atoms with Crippen LogP contribution in [0.3, 0.4) is 0 Å². The topological polar surface area (TPSA) is 111 Å². The summed E-state index contributed by atoms with van der Waals surface area (Å²) in [4.78, 5) is 37.8. The van der Waals surface area contributed by atoms with Gasteiger partial charge < -0.3 is 19.7 Å². The molecule has 2 amide bonds. The number of benzene rings is 2. The van der Waals surface area contributed by atoms with Gasteiger partial charge in [-0.1, -0.05) is 17.7 Å². The van der Waals surface area contributed by atoms with E-state index in [1.54, 1.807) is 18.8 Å². The number of nitrogens with one attached hydrogen (secondary N) is 1. The third-order valence-electron chi connectivity index (χ3n) is 5.02. The molecule has 0 unspecified atom stereocenters. The summed E-state index contributed by atoms with van der Waals surface area (Å²) in [5.74, 6) is 1.14. The van der Waals surface area contributed by atoms with Crippen molar-refractivity contribution < 1.29 is 24.0 Å². The first-order valence-corrected chi connectivity index (χ1v) is 11.9. The van der Waals surface area contributed by atoms with E-state index in [-0.39, 0.29) is 22.2 Å². The molecule has 1 N–H and O–H groups in total. The first-order valence-electron chi connectivity index (χ1n) is 10.2. The van der Waals surface area contributed by atoms with Crippen molar-refractivity contribution >= 4 is 40.9 Å². The number of nitrogens with zero attached hydrogens (tertiary/aromatic N) is 2. The molecule has 11 heteroatoms. The predicted octanol–water partition coefficient (Wildman–Crippen LogP) is 3.53. The Morgan fingerprint density at radius 1 is 1.21 bits per heavy atom. The minimum Gasteiger partial charge on any atom is -0.486 e. The molecule has 0 aromatic heterocycles. The fraction of sp³-hybridized carbons (Fsp3) is 0.364. The molecule has 0 radical (unpaired) electrons. The van der Waals surface area contributed by atoms with Gasteiger partial charge in [-0.3, -0.25) is 19.7 Å². The average Bonchev–Trinajstić information content (AvgIpc) is 2.80.